The van der Waals surface area contributed by atoms with Crippen LogP contribution in [-0.2, 0) is 17.8 Å². The third-order valence-corrected chi connectivity index (χ3v) is 4.37. The van der Waals surface area contributed by atoms with Crippen LogP contribution in [0.5, 0.6) is 5.75 Å². The van der Waals surface area contributed by atoms with E-state index in [1.807, 2.05) is 36.4 Å². The summed E-state index contributed by atoms with van der Waals surface area (Å²) >= 11 is 5.88. The normalized spacial score (nSPS) is 10.4. The SMILES string of the molecule is O=C(COc1ccc(Cl)cc1)N(CCc1ccccc1)Cc1ccccn1. The highest BCUT2D eigenvalue weighted by molar-refractivity contribution is 6.30. The van der Waals surface area contributed by atoms with Crippen LogP contribution in [-0.4, -0.2) is 28.9 Å². The summed E-state index contributed by atoms with van der Waals surface area (Å²) in [7, 11) is 0. The van der Waals surface area contributed by atoms with Crippen molar-refractivity contribution in [3.63, 3.8) is 0 Å². The molecule has 5 heteroatoms. The Labute approximate surface area is 164 Å². The van der Waals surface area contributed by atoms with Crippen LogP contribution in [0.4, 0.5) is 0 Å². The van der Waals surface area contributed by atoms with E-state index in [4.69, 9.17) is 16.3 Å². The van der Waals surface area contributed by atoms with Crippen LogP contribution >= 0.6 is 11.6 Å². The third kappa shape index (κ3) is 6.12. The first-order valence-corrected chi connectivity index (χ1v) is 9.18. The van der Waals surface area contributed by atoms with Crippen molar-refractivity contribution in [3.05, 3.63) is 95.3 Å². The maximum atomic E-state index is 12.8. The highest BCUT2D eigenvalue weighted by atomic mass is 35.5. The van der Waals surface area contributed by atoms with Gasteiger partial charge in [0.1, 0.15) is 5.75 Å². The zero-order valence-electron chi connectivity index (χ0n) is 14.9. The summed E-state index contributed by atoms with van der Waals surface area (Å²) in [6.07, 6.45) is 2.51. The Morgan fingerprint density at radius 3 is 2.41 bits per heavy atom. The van der Waals surface area contributed by atoms with Gasteiger partial charge in [0.05, 0.1) is 12.2 Å². The first kappa shape index (κ1) is 18.9. The van der Waals surface area contributed by atoms with E-state index >= 15 is 0 Å². The number of aromatic nitrogens is 1. The van der Waals surface area contributed by atoms with Gasteiger partial charge in [-0.2, -0.15) is 0 Å². The van der Waals surface area contributed by atoms with E-state index in [1.54, 1.807) is 35.4 Å². The van der Waals surface area contributed by atoms with Crippen molar-refractivity contribution in [3.8, 4) is 5.75 Å². The Bertz CT molecular complexity index is 839. The Morgan fingerprint density at radius 2 is 1.70 bits per heavy atom. The van der Waals surface area contributed by atoms with Gasteiger partial charge in [-0.25, -0.2) is 0 Å². The molecule has 0 aliphatic carbocycles. The molecular formula is C22H21ClN2O2. The molecule has 0 radical (unpaired) electrons. The van der Waals surface area contributed by atoms with E-state index < -0.39 is 0 Å². The van der Waals surface area contributed by atoms with E-state index in [0.29, 0.717) is 23.9 Å². The lowest BCUT2D eigenvalue weighted by molar-refractivity contribution is -0.134. The van der Waals surface area contributed by atoms with Crippen molar-refractivity contribution >= 4 is 17.5 Å². The van der Waals surface area contributed by atoms with Crippen LogP contribution in [0.25, 0.3) is 0 Å². The van der Waals surface area contributed by atoms with E-state index in [0.717, 1.165) is 12.1 Å². The number of benzene rings is 2. The molecular weight excluding hydrogens is 360 g/mol. The van der Waals surface area contributed by atoms with E-state index in [2.05, 4.69) is 17.1 Å². The minimum Gasteiger partial charge on any atom is -0.484 e. The Balaban J connectivity index is 1.63. The summed E-state index contributed by atoms with van der Waals surface area (Å²) in [5.41, 5.74) is 2.04. The summed E-state index contributed by atoms with van der Waals surface area (Å²) < 4.78 is 5.62. The van der Waals surface area contributed by atoms with Crippen molar-refractivity contribution in [2.45, 2.75) is 13.0 Å². The lowest BCUT2D eigenvalue weighted by Crippen LogP contribution is -2.36. The average Bonchev–Trinajstić information content (AvgIpc) is 2.72. The number of carbonyl (C=O) groups excluding carboxylic acids is 1. The molecule has 2 aromatic carbocycles. The molecule has 3 aromatic rings. The second-order valence-electron chi connectivity index (χ2n) is 6.11. The third-order valence-electron chi connectivity index (χ3n) is 4.12. The minimum atomic E-state index is -0.0773. The van der Waals surface area contributed by atoms with Gasteiger partial charge in [-0.3, -0.25) is 9.78 Å². The monoisotopic (exact) mass is 380 g/mol. The molecule has 0 N–H and O–H groups in total. The zero-order valence-corrected chi connectivity index (χ0v) is 15.7. The van der Waals surface area contributed by atoms with Crippen molar-refractivity contribution in [2.24, 2.45) is 0 Å². The fraction of sp³-hybridized carbons (Fsp3) is 0.182. The molecule has 1 amide bonds. The molecule has 0 saturated carbocycles. The molecule has 0 aliphatic heterocycles. The summed E-state index contributed by atoms with van der Waals surface area (Å²) in [5.74, 6) is 0.542. The van der Waals surface area contributed by atoms with Gasteiger partial charge >= 0.3 is 0 Å². The van der Waals surface area contributed by atoms with Crippen LogP contribution in [0.3, 0.4) is 0 Å². The summed E-state index contributed by atoms with van der Waals surface area (Å²) in [6, 6.07) is 22.8. The highest BCUT2D eigenvalue weighted by Gasteiger charge is 2.15. The van der Waals surface area contributed by atoms with Gasteiger partial charge in [0.15, 0.2) is 6.61 Å². The molecule has 0 saturated heterocycles. The number of halogens is 1. The Kier molecular flexibility index (Phi) is 6.83. The molecule has 0 fully saturated rings. The molecule has 0 spiro atoms. The number of rotatable bonds is 8. The van der Waals surface area contributed by atoms with Crippen molar-refractivity contribution in [2.75, 3.05) is 13.2 Å². The van der Waals surface area contributed by atoms with E-state index in [-0.39, 0.29) is 12.5 Å². The largest absolute Gasteiger partial charge is 0.484 e. The zero-order chi connectivity index (χ0) is 18.9. The fourth-order valence-corrected chi connectivity index (χ4v) is 2.78. The van der Waals surface area contributed by atoms with Gasteiger partial charge in [0.2, 0.25) is 0 Å². The number of hydrogen-bond donors (Lipinski definition) is 0. The lowest BCUT2D eigenvalue weighted by Gasteiger charge is -2.22. The van der Waals surface area contributed by atoms with Crippen LogP contribution < -0.4 is 4.74 Å². The predicted octanol–water partition coefficient (Wildman–Crippen LogP) is 4.39. The van der Waals surface area contributed by atoms with E-state index in [1.165, 1.54) is 5.56 Å². The number of hydrogen-bond acceptors (Lipinski definition) is 3. The summed E-state index contributed by atoms with van der Waals surface area (Å²) in [5, 5.41) is 0.633. The molecule has 27 heavy (non-hydrogen) atoms. The van der Waals surface area contributed by atoms with Crippen LogP contribution in [0.2, 0.25) is 5.02 Å². The van der Waals surface area contributed by atoms with Gasteiger partial charge in [-0.05, 0) is 48.4 Å². The topological polar surface area (TPSA) is 42.4 Å². The van der Waals surface area contributed by atoms with Crippen LogP contribution in [0, 0.1) is 0 Å². The molecule has 0 aliphatic rings. The lowest BCUT2D eigenvalue weighted by atomic mass is 10.1. The number of nitrogens with zero attached hydrogens (tertiary/aromatic N) is 2. The van der Waals surface area contributed by atoms with Crippen molar-refractivity contribution in [1.29, 1.82) is 0 Å². The maximum absolute atomic E-state index is 12.8. The first-order valence-electron chi connectivity index (χ1n) is 8.81. The van der Waals surface area contributed by atoms with Gasteiger partial charge in [-0.1, -0.05) is 48.0 Å². The quantitative estimate of drug-likeness (QED) is 0.582. The molecule has 1 aromatic heterocycles. The van der Waals surface area contributed by atoms with Gasteiger partial charge in [0.25, 0.3) is 5.91 Å². The first-order chi connectivity index (χ1) is 13.2. The molecule has 0 unspecified atom stereocenters. The molecule has 0 atom stereocenters. The molecule has 1 heterocycles. The molecule has 3 rings (SSSR count). The standard InChI is InChI=1S/C22H21ClN2O2/c23-19-9-11-21(12-10-19)27-17-22(26)25(16-20-8-4-5-14-24-20)15-13-18-6-2-1-3-7-18/h1-12,14H,13,15-17H2. The van der Waals surface area contributed by atoms with Gasteiger partial charge in [0, 0.05) is 17.8 Å². The maximum Gasteiger partial charge on any atom is 0.260 e. The average molecular weight is 381 g/mol. The minimum absolute atomic E-state index is 0.0245. The smallest absolute Gasteiger partial charge is 0.260 e. The molecule has 138 valence electrons. The number of pyridine rings is 1. The highest BCUT2D eigenvalue weighted by Crippen LogP contribution is 2.16. The van der Waals surface area contributed by atoms with E-state index in [9.17, 15) is 4.79 Å². The van der Waals surface area contributed by atoms with Crippen molar-refractivity contribution < 1.29 is 9.53 Å². The predicted molar refractivity (Wildman–Crippen MR) is 107 cm³/mol. The van der Waals surface area contributed by atoms with Crippen LogP contribution in [0.15, 0.2) is 79.0 Å². The number of ether oxygens (including phenoxy) is 1. The Hall–Kier alpha value is -2.85. The Morgan fingerprint density at radius 1 is 0.963 bits per heavy atom. The van der Waals surface area contributed by atoms with Crippen LogP contribution in [0.1, 0.15) is 11.3 Å². The van der Waals surface area contributed by atoms with Gasteiger partial charge < -0.3 is 9.64 Å². The summed E-state index contributed by atoms with van der Waals surface area (Å²) in [6.45, 7) is 1.03. The molecule has 4 nitrogen and oxygen atoms in total. The van der Waals surface area contributed by atoms with Gasteiger partial charge in [-0.15, -0.1) is 0 Å². The second-order valence-corrected chi connectivity index (χ2v) is 6.55. The number of amides is 1. The number of carbonyl (C=O) groups is 1. The molecule has 0 bridgehead atoms. The fourth-order valence-electron chi connectivity index (χ4n) is 2.66. The van der Waals surface area contributed by atoms with Crippen molar-refractivity contribution in [1.82, 2.24) is 9.88 Å². The summed E-state index contributed by atoms with van der Waals surface area (Å²) in [4.78, 5) is 18.9. The second kappa shape index (κ2) is 9.74.